The van der Waals surface area contributed by atoms with Gasteiger partial charge in [-0.1, -0.05) is 6.08 Å². The number of rotatable bonds is 1. The molecule has 0 atom stereocenters. The Morgan fingerprint density at radius 3 is 2.88 bits per heavy atom. The van der Waals surface area contributed by atoms with E-state index in [1.165, 1.54) is 0 Å². The molecule has 44 valence electrons. The lowest BCUT2D eigenvalue weighted by molar-refractivity contribution is -0.132. The van der Waals surface area contributed by atoms with Crippen LogP contribution in [0.1, 0.15) is 0 Å². The molecule has 0 aliphatic carbocycles. The van der Waals surface area contributed by atoms with Crippen LogP contribution in [-0.4, -0.2) is 22.6 Å². The Morgan fingerprint density at radius 2 is 2.62 bits per heavy atom. The summed E-state index contributed by atoms with van der Waals surface area (Å²) in [5, 5.41) is 8.33. The molecule has 0 saturated carbocycles. The van der Waals surface area contributed by atoms with Crippen LogP contribution in [0.4, 0.5) is 0 Å². The lowest BCUT2D eigenvalue weighted by atomic mass is 10.3. The normalized spacial score (nSPS) is 18.2. The maximum absolute atomic E-state index is 10.1. The number of thioether (sulfide) groups is 1. The van der Waals surface area contributed by atoms with Crippen molar-refractivity contribution in [3.05, 3.63) is 11.6 Å². The largest absolute Gasteiger partial charge is 0.478 e. The molecule has 8 heavy (non-hydrogen) atoms. The molecule has 0 aromatic carbocycles. The molecule has 1 heterocycles. The SMILES string of the molecule is O=C(O)C1=CCSC1. The average molecular weight is 130 g/mol. The van der Waals surface area contributed by atoms with Gasteiger partial charge in [-0.25, -0.2) is 4.79 Å². The van der Waals surface area contributed by atoms with Gasteiger partial charge in [-0.2, -0.15) is 11.8 Å². The summed E-state index contributed by atoms with van der Waals surface area (Å²) < 4.78 is 0. The van der Waals surface area contributed by atoms with Crippen LogP contribution >= 0.6 is 11.8 Å². The maximum Gasteiger partial charge on any atom is 0.332 e. The van der Waals surface area contributed by atoms with Crippen LogP contribution in [0.2, 0.25) is 0 Å². The molecule has 0 amide bonds. The summed E-state index contributed by atoms with van der Waals surface area (Å²) in [4.78, 5) is 10.1. The summed E-state index contributed by atoms with van der Waals surface area (Å²) in [6.07, 6.45) is 1.76. The number of carboxylic acid groups (broad SMARTS) is 1. The van der Waals surface area contributed by atoms with Crippen molar-refractivity contribution in [3.63, 3.8) is 0 Å². The van der Waals surface area contributed by atoms with E-state index in [0.29, 0.717) is 11.3 Å². The topological polar surface area (TPSA) is 37.3 Å². The van der Waals surface area contributed by atoms with Crippen LogP contribution in [0.3, 0.4) is 0 Å². The van der Waals surface area contributed by atoms with Gasteiger partial charge in [-0.3, -0.25) is 0 Å². The molecule has 1 aliphatic heterocycles. The van der Waals surface area contributed by atoms with Crippen molar-refractivity contribution in [1.29, 1.82) is 0 Å². The van der Waals surface area contributed by atoms with Crippen LogP contribution in [0.15, 0.2) is 11.6 Å². The van der Waals surface area contributed by atoms with E-state index in [4.69, 9.17) is 5.11 Å². The highest BCUT2D eigenvalue weighted by atomic mass is 32.2. The Morgan fingerprint density at radius 1 is 1.88 bits per heavy atom. The second-order valence-electron chi connectivity index (χ2n) is 1.55. The standard InChI is InChI=1S/C5H6O2S/c6-5(7)4-1-2-8-3-4/h1H,2-3H2,(H,6,7). The van der Waals surface area contributed by atoms with Gasteiger partial charge in [0.1, 0.15) is 0 Å². The third kappa shape index (κ3) is 1.04. The first-order valence-electron chi connectivity index (χ1n) is 2.31. The Hall–Kier alpha value is -0.440. The third-order valence-corrected chi connectivity index (χ3v) is 1.90. The van der Waals surface area contributed by atoms with E-state index in [2.05, 4.69) is 0 Å². The van der Waals surface area contributed by atoms with Crippen LogP contribution in [-0.2, 0) is 4.79 Å². The van der Waals surface area contributed by atoms with Crippen molar-refractivity contribution >= 4 is 17.7 Å². The molecule has 0 unspecified atom stereocenters. The molecule has 0 fully saturated rings. The highest BCUT2D eigenvalue weighted by Crippen LogP contribution is 2.16. The predicted octanol–water partition coefficient (Wildman–Crippen LogP) is 0.744. The lowest BCUT2D eigenvalue weighted by Gasteiger charge is -1.86. The molecule has 0 saturated heterocycles. The maximum atomic E-state index is 10.1. The first-order chi connectivity index (χ1) is 3.80. The molecule has 0 aromatic heterocycles. The molecule has 0 aromatic rings. The zero-order valence-electron chi connectivity index (χ0n) is 4.26. The minimum Gasteiger partial charge on any atom is -0.478 e. The fourth-order valence-corrected chi connectivity index (χ4v) is 1.43. The van der Waals surface area contributed by atoms with Crippen molar-refractivity contribution in [1.82, 2.24) is 0 Å². The zero-order valence-corrected chi connectivity index (χ0v) is 5.07. The molecule has 0 radical (unpaired) electrons. The summed E-state index contributed by atoms with van der Waals surface area (Å²) in [6, 6.07) is 0. The van der Waals surface area contributed by atoms with Crippen LogP contribution in [0.25, 0.3) is 0 Å². The van der Waals surface area contributed by atoms with Gasteiger partial charge in [0.05, 0.1) is 0 Å². The van der Waals surface area contributed by atoms with Gasteiger partial charge < -0.3 is 5.11 Å². The average Bonchev–Trinajstić information content (AvgIpc) is 2.12. The van der Waals surface area contributed by atoms with E-state index < -0.39 is 5.97 Å². The fourth-order valence-electron chi connectivity index (χ4n) is 0.536. The third-order valence-electron chi connectivity index (χ3n) is 0.980. The molecular weight excluding hydrogens is 124 g/mol. The lowest BCUT2D eigenvalue weighted by Crippen LogP contribution is -1.98. The molecule has 1 N–H and O–H groups in total. The molecular formula is C5H6O2S. The molecule has 0 bridgehead atoms. The minimum absolute atomic E-state index is 0.551. The van der Waals surface area contributed by atoms with Crippen molar-refractivity contribution in [2.24, 2.45) is 0 Å². The van der Waals surface area contributed by atoms with Gasteiger partial charge in [-0.05, 0) is 0 Å². The van der Waals surface area contributed by atoms with Gasteiger partial charge >= 0.3 is 5.97 Å². The van der Waals surface area contributed by atoms with Crippen molar-refractivity contribution in [2.45, 2.75) is 0 Å². The first kappa shape index (κ1) is 5.69. The Labute approximate surface area is 51.6 Å². The summed E-state index contributed by atoms with van der Waals surface area (Å²) in [7, 11) is 0. The minimum atomic E-state index is -0.769. The monoisotopic (exact) mass is 130 g/mol. The van der Waals surface area contributed by atoms with Gasteiger partial charge in [-0.15, -0.1) is 0 Å². The van der Waals surface area contributed by atoms with Gasteiger partial charge in [0.15, 0.2) is 0 Å². The van der Waals surface area contributed by atoms with Crippen molar-refractivity contribution in [3.8, 4) is 0 Å². The molecule has 3 heteroatoms. The second-order valence-corrected chi connectivity index (χ2v) is 2.58. The summed E-state index contributed by atoms with van der Waals surface area (Å²) in [5.41, 5.74) is 0.551. The van der Waals surface area contributed by atoms with E-state index in [1.54, 1.807) is 17.8 Å². The highest BCUT2D eigenvalue weighted by Gasteiger charge is 2.10. The summed E-state index contributed by atoms with van der Waals surface area (Å²) in [6.45, 7) is 0. The van der Waals surface area contributed by atoms with Gasteiger partial charge in [0.2, 0.25) is 0 Å². The van der Waals surface area contributed by atoms with Crippen molar-refractivity contribution in [2.75, 3.05) is 11.5 Å². The molecule has 1 aliphatic rings. The van der Waals surface area contributed by atoms with E-state index in [1.807, 2.05) is 0 Å². The summed E-state index contributed by atoms with van der Waals surface area (Å²) >= 11 is 1.64. The van der Waals surface area contributed by atoms with Gasteiger partial charge in [0.25, 0.3) is 0 Å². The van der Waals surface area contributed by atoms with Crippen LogP contribution in [0.5, 0.6) is 0 Å². The molecule has 2 nitrogen and oxygen atoms in total. The van der Waals surface area contributed by atoms with Crippen LogP contribution < -0.4 is 0 Å². The van der Waals surface area contributed by atoms with E-state index in [0.717, 1.165) is 5.75 Å². The molecule has 0 spiro atoms. The summed E-state index contributed by atoms with van der Waals surface area (Å²) in [5.74, 6) is 0.770. The quantitative estimate of drug-likeness (QED) is 0.569. The number of hydrogen-bond acceptors (Lipinski definition) is 2. The Bertz CT molecular complexity index is 139. The Balaban J connectivity index is 2.57. The van der Waals surface area contributed by atoms with Gasteiger partial charge in [0, 0.05) is 17.1 Å². The fraction of sp³-hybridized carbons (Fsp3) is 0.400. The van der Waals surface area contributed by atoms with E-state index in [-0.39, 0.29) is 0 Å². The number of hydrogen-bond donors (Lipinski definition) is 1. The zero-order chi connectivity index (χ0) is 5.98. The number of carbonyl (C=O) groups is 1. The second kappa shape index (κ2) is 2.22. The first-order valence-corrected chi connectivity index (χ1v) is 3.46. The van der Waals surface area contributed by atoms with Crippen LogP contribution in [0, 0.1) is 0 Å². The molecule has 1 rings (SSSR count). The van der Waals surface area contributed by atoms with E-state index in [9.17, 15) is 4.79 Å². The number of aliphatic carboxylic acids is 1. The number of carboxylic acids is 1. The smallest absolute Gasteiger partial charge is 0.332 e. The predicted molar refractivity (Wildman–Crippen MR) is 33.0 cm³/mol. The van der Waals surface area contributed by atoms with Crippen molar-refractivity contribution < 1.29 is 9.90 Å². The Kier molecular flexibility index (Phi) is 1.58. The highest BCUT2D eigenvalue weighted by molar-refractivity contribution is 7.99. The van der Waals surface area contributed by atoms with E-state index >= 15 is 0 Å².